The van der Waals surface area contributed by atoms with Crippen LogP contribution in [0.5, 0.6) is 0 Å². The van der Waals surface area contributed by atoms with Gasteiger partial charge in [0.1, 0.15) is 6.10 Å². The quantitative estimate of drug-likeness (QED) is 0.642. The van der Waals surface area contributed by atoms with Crippen LogP contribution in [0, 0.1) is 0 Å². The number of hydrogen-bond acceptors (Lipinski definition) is 3. The van der Waals surface area contributed by atoms with Gasteiger partial charge in [0.2, 0.25) is 0 Å². The topological polar surface area (TPSA) is 27.7 Å². The smallest absolute Gasteiger partial charge is 0.100 e. The minimum Gasteiger partial charge on any atom is -0.382 e. The highest BCUT2D eigenvalue weighted by molar-refractivity contribution is 6.21. The predicted octanol–water partition coefficient (Wildman–Crippen LogP) is 1.82. The average Bonchev–Trinajstić information content (AvgIpc) is 2.14. The standard InChI is InChI=1S/C10H19ClO3/c1-4-13-10-8(11)5-9(10)14-7(2)6-12-3/h7-10H,4-6H2,1-3H3. The van der Waals surface area contributed by atoms with Gasteiger partial charge in [-0.1, -0.05) is 0 Å². The van der Waals surface area contributed by atoms with E-state index < -0.39 is 0 Å². The summed E-state index contributed by atoms with van der Waals surface area (Å²) in [4.78, 5) is 0. The Morgan fingerprint density at radius 3 is 2.71 bits per heavy atom. The van der Waals surface area contributed by atoms with Gasteiger partial charge in [-0.3, -0.25) is 0 Å². The minimum absolute atomic E-state index is 0.0565. The van der Waals surface area contributed by atoms with Crippen molar-refractivity contribution in [3.8, 4) is 0 Å². The highest BCUT2D eigenvalue weighted by atomic mass is 35.5. The van der Waals surface area contributed by atoms with Crippen molar-refractivity contribution in [3.63, 3.8) is 0 Å². The lowest BCUT2D eigenvalue weighted by molar-refractivity contribution is -0.151. The van der Waals surface area contributed by atoms with E-state index in [1.54, 1.807) is 7.11 Å². The first-order chi connectivity index (χ1) is 6.69. The van der Waals surface area contributed by atoms with Gasteiger partial charge >= 0.3 is 0 Å². The van der Waals surface area contributed by atoms with Gasteiger partial charge in [0.25, 0.3) is 0 Å². The van der Waals surface area contributed by atoms with E-state index in [4.69, 9.17) is 25.8 Å². The summed E-state index contributed by atoms with van der Waals surface area (Å²) >= 11 is 6.01. The summed E-state index contributed by atoms with van der Waals surface area (Å²) < 4.78 is 16.2. The number of rotatable bonds is 6. The highest BCUT2D eigenvalue weighted by Gasteiger charge is 2.42. The summed E-state index contributed by atoms with van der Waals surface area (Å²) in [6.07, 6.45) is 1.18. The number of methoxy groups -OCH3 is 1. The molecule has 3 nitrogen and oxygen atoms in total. The van der Waals surface area contributed by atoms with Gasteiger partial charge in [-0.25, -0.2) is 0 Å². The first-order valence-corrected chi connectivity index (χ1v) is 5.52. The molecule has 1 fully saturated rings. The Morgan fingerprint density at radius 1 is 1.50 bits per heavy atom. The van der Waals surface area contributed by atoms with Crippen LogP contribution in [0.15, 0.2) is 0 Å². The van der Waals surface area contributed by atoms with E-state index >= 15 is 0 Å². The number of ether oxygens (including phenoxy) is 3. The lowest BCUT2D eigenvalue weighted by Crippen LogP contribution is -2.52. The summed E-state index contributed by atoms with van der Waals surface area (Å²) in [5.74, 6) is 0. The van der Waals surface area contributed by atoms with Gasteiger partial charge in [0.05, 0.1) is 24.2 Å². The molecule has 1 aliphatic carbocycles. The Bertz CT molecular complexity index is 165. The van der Waals surface area contributed by atoms with Crippen LogP contribution in [-0.2, 0) is 14.2 Å². The molecule has 0 heterocycles. The summed E-state index contributed by atoms with van der Waals surface area (Å²) in [5.41, 5.74) is 0. The Balaban J connectivity index is 2.24. The van der Waals surface area contributed by atoms with Gasteiger partial charge in [-0.15, -0.1) is 11.6 Å². The predicted molar refractivity (Wildman–Crippen MR) is 55.9 cm³/mol. The molecule has 0 bridgehead atoms. The van der Waals surface area contributed by atoms with Gasteiger partial charge in [-0.05, 0) is 20.3 Å². The van der Waals surface area contributed by atoms with E-state index in [2.05, 4.69) is 0 Å². The molecular weight excluding hydrogens is 204 g/mol. The maximum atomic E-state index is 6.01. The zero-order chi connectivity index (χ0) is 10.6. The Kier molecular flexibility index (Phi) is 5.17. The second-order valence-electron chi connectivity index (χ2n) is 3.61. The van der Waals surface area contributed by atoms with Crippen LogP contribution in [0.3, 0.4) is 0 Å². The van der Waals surface area contributed by atoms with Crippen molar-refractivity contribution in [2.45, 2.75) is 44.0 Å². The molecule has 1 aliphatic rings. The van der Waals surface area contributed by atoms with Gasteiger partial charge in [0, 0.05) is 13.7 Å². The SMILES string of the molecule is CCOC1C(Cl)CC1OC(C)COC. The monoisotopic (exact) mass is 222 g/mol. The lowest BCUT2D eigenvalue weighted by Gasteiger charge is -2.41. The Hall–Kier alpha value is 0.170. The molecule has 0 spiro atoms. The van der Waals surface area contributed by atoms with Gasteiger partial charge in [-0.2, -0.15) is 0 Å². The Morgan fingerprint density at radius 2 is 2.21 bits per heavy atom. The van der Waals surface area contributed by atoms with Crippen molar-refractivity contribution in [1.82, 2.24) is 0 Å². The van der Waals surface area contributed by atoms with Crippen LogP contribution >= 0.6 is 11.6 Å². The van der Waals surface area contributed by atoms with Crippen molar-refractivity contribution < 1.29 is 14.2 Å². The number of hydrogen-bond donors (Lipinski definition) is 0. The fourth-order valence-electron chi connectivity index (χ4n) is 1.64. The molecule has 0 aromatic carbocycles. The van der Waals surface area contributed by atoms with E-state index in [1.807, 2.05) is 13.8 Å². The average molecular weight is 223 g/mol. The molecule has 4 atom stereocenters. The van der Waals surface area contributed by atoms with Crippen molar-refractivity contribution in [2.75, 3.05) is 20.3 Å². The molecule has 0 N–H and O–H groups in total. The molecule has 0 aromatic rings. The molecule has 0 aliphatic heterocycles. The zero-order valence-corrected chi connectivity index (χ0v) is 9.79. The minimum atomic E-state index is 0.0565. The van der Waals surface area contributed by atoms with Crippen LogP contribution in [0.25, 0.3) is 0 Å². The first-order valence-electron chi connectivity index (χ1n) is 5.09. The summed E-state index contributed by atoms with van der Waals surface area (Å²) in [7, 11) is 1.67. The molecule has 0 aromatic heterocycles. The van der Waals surface area contributed by atoms with E-state index in [0.29, 0.717) is 13.2 Å². The zero-order valence-electron chi connectivity index (χ0n) is 9.03. The van der Waals surface area contributed by atoms with Crippen molar-refractivity contribution in [3.05, 3.63) is 0 Å². The van der Waals surface area contributed by atoms with E-state index in [9.17, 15) is 0 Å². The summed E-state index contributed by atoms with van der Waals surface area (Å²) in [6, 6.07) is 0. The van der Waals surface area contributed by atoms with Gasteiger partial charge < -0.3 is 14.2 Å². The molecule has 1 saturated carbocycles. The normalized spacial score (nSPS) is 33.9. The third kappa shape index (κ3) is 3.09. The maximum absolute atomic E-state index is 6.01. The third-order valence-electron chi connectivity index (χ3n) is 2.35. The van der Waals surface area contributed by atoms with E-state index in [1.165, 1.54) is 0 Å². The molecule has 4 heteroatoms. The molecule has 0 saturated heterocycles. The first kappa shape index (κ1) is 12.2. The van der Waals surface area contributed by atoms with Crippen LogP contribution in [-0.4, -0.2) is 44.0 Å². The molecule has 1 rings (SSSR count). The molecule has 0 amide bonds. The number of alkyl halides is 1. The summed E-state index contributed by atoms with van der Waals surface area (Å²) in [5, 5.41) is 0.106. The Labute approximate surface area is 90.7 Å². The molecule has 4 unspecified atom stereocenters. The molecule has 14 heavy (non-hydrogen) atoms. The maximum Gasteiger partial charge on any atom is 0.100 e. The fourth-order valence-corrected chi connectivity index (χ4v) is 2.05. The fraction of sp³-hybridized carbons (Fsp3) is 1.00. The van der Waals surface area contributed by atoms with Crippen LogP contribution < -0.4 is 0 Å². The second kappa shape index (κ2) is 5.91. The third-order valence-corrected chi connectivity index (χ3v) is 2.77. The summed E-state index contributed by atoms with van der Waals surface area (Å²) in [6.45, 7) is 5.26. The van der Waals surface area contributed by atoms with Crippen LogP contribution in [0.2, 0.25) is 0 Å². The van der Waals surface area contributed by atoms with Crippen molar-refractivity contribution in [2.24, 2.45) is 0 Å². The lowest BCUT2D eigenvalue weighted by atomic mass is 9.91. The number of halogens is 1. The van der Waals surface area contributed by atoms with Crippen LogP contribution in [0.4, 0.5) is 0 Å². The van der Waals surface area contributed by atoms with Crippen molar-refractivity contribution >= 4 is 11.6 Å². The van der Waals surface area contributed by atoms with E-state index in [0.717, 1.165) is 6.42 Å². The van der Waals surface area contributed by atoms with Crippen molar-refractivity contribution in [1.29, 1.82) is 0 Å². The van der Waals surface area contributed by atoms with Crippen LogP contribution in [0.1, 0.15) is 20.3 Å². The second-order valence-corrected chi connectivity index (χ2v) is 4.17. The highest BCUT2D eigenvalue weighted by Crippen LogP contribution is 2.32. The largest absolute Gasteiger partial charge is 0.382 e. The molecular formula is C10H19ClO3. The molecule has 0 radical (unpaired) electrons. The molecule has 84 valence electrons. The van der Waals surface area contributed by atoms with E-state index in [-0.39, 0.29) is 23.7 Å². The van der Waals surface area contributed by atoms with Gasteiger partial charge in [0.15, 0.2) is 0 Å².